The summed E-state index contributed by atoms with van der Waals surface area (Å²) in [5.41, 5.74) is 7.34. The lowest BCUT2D eigenvalue weighted by molar-refractivity contribution is -0.121. The Labute approximate surface area is 118 Å². The molecule has 0 saturated heterocycles. The van der Waals surface area contributed by atoms with Crippen LogP contribution in [0, 0.1) is 0 Å². The van der Waals surface area contributed by atoms with Gasteiger partial charge in [0.1, 0.15) is 5.82 Å². The number of nitrogen functional groups attached to an aromatic ring is 1. The topological polar surface area (TPSA) is 80.0 Å². The second kappa shape index (κ2) is 6.23. The van der Waals surface area contributed by atoms with Gasteiger partial charge >= 0.3 is 0 Å². The minimum Gasteiger partial charge on any atom is -0.399 e. The zero-order valence-electron chi connectivity index (χ0n) is 11.8. The quantitative estimate of drug-likeness (QED) is 0.729. The van der Waals surface area contributed by atoms with Crippen molar-refractivity contribution in [2.24, 2.45) is 0 Å². The summed E-state index contributed by atoms with van der Waals surface area (Å²) in [6.07, 6.45) is 0.430. The number of aromatic nitrogens is 1. The molecule has 0 bridgehead atoms. The Bertz CT molecular complexity index is 610. The molecule has 106 valence electrons. The van der Waals surface area contributed by atoms with Crippen LogP contribution in [-0.4, -0.2) is 23.5 Å². The van der Waals surface area contributed by atoms with Crippen LogP contribution in [0.25, 0.3) is 10.9 Å². The molecule has 0 unspecified atom stereocenters. The van der Waals surface area contributed by atoms with Crippen LogP contribution in [0.3, 0.4) is 0 Å². The minimum absolute atomic E-state index is 0.0427. The fourth-order valence-electron chi connectivity index (χ4n) is 1.94. The molecule has 0 aliphatic heterocycles. The summed E-state index contributed by atoms with van der Waals surface area (Å²) in [6.45, 7) is 4.45. The van der Waals surface area contributed by atoms with Crippen molar-refractivity contribution in [2.45, 2.75) is 26.3 Å². The number of nitrogens with two attached hydrogens (primary N) is 1. The average Bonchev–Trinajstić information content (AvgIpc) is 2.38. The van der Waals surface area contributed by atoms with Crippen LogP contribution in [-0.2, 0) is 4.79 Å². The number of rotatable bonds is 5. The molecule has 1 aromatic carbocycles. The van der Waals surface area contributed by atoms with Gasteiger partial charge in [0.25, 0.3) is 0 Å². The van der Waals surface area contributed by atoms with Gasteiger partial charge in [-0.25, -0.2) is 4.98 Å². The summed E-state index contributed by atoms with van der Waals surface area (Å²) in [5.74, 6) is 0.806. The summed E-state index contributed by atoms with van der Waals surface area (Å²) < 4.78 is 0. The highest BCUT2D eigenvalue weighted by atomic mass is 16.1. The van der Waals surface area contributed by atoms with E-state index in [-0.39, 0.29) is 11.9 Å². The number of carbonyl (C=O) groups excluding carboxylic acids is 1. The van der Waals surface area contributed by atoms with Gasteiger partial charge in [-0.3, -0.25) is 4.79 Å². The summed E-state index contributed by atoms with van der Waals surface area (Å²) >= 11 is 0. The molecule has 1 heterocycles. The van der Waals surface area contributed by atoms with Gasteiger partial charge in [-0.1, -0.05) is 0 Å². The van der Waals surface area contributed by atoms with Gasteiger partial charge in [0.05, 0.1) is 5.52 Å². The number of pyridine rings is 1. The maximum atomic E-state index is 11.5. The molecule has 0 radical (unpaired) electrons. The largest absolute Gasteiger partial charge is 0.399 e. The van der Waals surface area contributed by atoms with E-state index in [1.807, 2.05) is 44.2 Å². The third-order valence-corrected chi connectivity index (χ3v) is 2.82. The van der Waals surface area contributed by atoms with E-state index in [9.17, 15) is 4.79 Å². The van der Waals surface area contributed by atoms with E-state index in [0.29, 0.717) is 13.0 Å². The van der Waals surface area contributed by atoms with Gasteiger partial charge < -0.3 is 16.4 Å². The molecule has 4 N–H and O–H groups in total. The van der Waals surface area contributed by atoms with Crippen LogP contribution < -0.4 is 16.4 Å². The molecule has 1 amide bonds. The van der Waals surface area contributed by atoms with Crippen LogP contribution >= 0.6 is 0 Å². The minimum atomic E-state index is 0.0427. The molecule has 0 fully saturated rings. The number of nitrogens with one attached hydrogen (secondary N) is 2. The average molecular weight is 272 g/mol. The Kier molecular flexibility index (Phi) is 4.40. The predicted molar refractivity (Wildman–Crippen MR) is 82.5 cm³/mol. The van der Waals surface area contributed by atoms with Gasteiger partial charge in [0.15, 0.2) is 0 Å². The highest BCUT2D eigenvalue weighted by Gasteiger charge is 2.03. The molecule has 2 rings (SSSR count). The highest BCUT2D eigenvalue weighted by Crippen LogP contribution is 2.17. The van der Waals surface area contributed by atoms with Crippen molar-refractivity contribution < 1.29 is 4.79 Å². The number of carbonyl (C=O) groups is 1. The molecule has 1 aromatic heterocycles. The highest BCUT2D eigenvalue weighted by molar-refractivity contribution is 5.83. The molecule has 5 nitrogen and oxygen atoms in total. The van der Waals surface area contributed by atoms with Gasteiger partial charge in [-0.2, -0.15) is 0 Å². The molecule has 20 heavy (non-hydrogen) atoms. The number of fused-ring (bicyclic) bond motifs is 1. The van der Waals surface area contributed by atoms with Gasteiger partial charge in [-0.05, 0) is 44.2 Å². The van der Waals surface area contributed by atoms with Crippen LogP contribution in [0.4, 0.5) is 11.5 Å². The molecular weight excluding hydrogens is 252 g/mol. The summed E-state index contributed by atoms with van der Waals surface area (Å²) in [6, 6.07) is 9.64. The third kappa shape index (κ3) is 3.85. The van der Waals surface area contributed by atoms with Crippen LogP contribution in [0.5, 0.6) is 0 Å². The lowest BCUT2D eigenvalue weighted by Gasteiger charge is -2.09. The van der Waals surface area contributed by atoms with Crippen LogP contribution in [0.1, 0.15) is 20.3 Å². The molecule has 2 aromatic rings. The third-order valence-electron chi connectivity index (χ3n) is 2.82. The van der Waals surface area contributed by atoms with Gasteiger partial charge in [0, 0.05) is 30.1 Å². The maximum absolute atomic E-state index is 11.5. The molecule has 0 aliphatic rings. The first-order valence-electron chi connectivity index (χ1n) is 6.74. The van der Waals surface area contributed by atoms with E-state index < -0.39 is 0 Å². The molecule has 0 aliphatic carbocycles. The monoisotopic (exact) mass is 272 g/mol. The SMILES string of the molecule is CC(C)NC(=O)CCNc1ccc2cc(N)ccc2n1. The Balaban J connectivity index is 1.93. The first kappa shape index (κ1) is 14.1. The van der Waals surface area contributed by atoms with Gasteiger partial charge in [0.2, 0.25) is 5.91 Å². The lowest BCUT2D eigenvalue weighted by atomic mass is 10.2. The zero-order chi connectivity index (χ0) is 14.5. The fourth-order valence-corrected chi connectivity index (χ4v) is 1.94. The standard InChI is InChI=1S/C15H20N4O/c1-10(2)18-15(20)7-8-17-14-6-3-11-9-12(16)4-5-13(11)19-14/h3-6,9-10H,7-8,16H2,1-2H3,(H,17,19)(H,18,20). The van der Waals surface area contributed by atoms with Crippen molar-refractivity contribution in [3.63, 3.8) is 0 Å². The predicted octanol–water partition coefficient (Wildman–Crippen LogP) is 2.14. The fraction of sp³-hybridized carbons (Fsp3) is 0.333. The first-order chi connectivity index (χ1) is 9.54. The molecule has 5 heteroatoms. The van der Waals surface area contributed by atoms with E-state index in [4.69, 9.17) is 5.73 Å². The van der Waals surface area contributed by atoms with E-state index in [2.05, 4.69) is 15.6 Å². The van der Waals surface area contributed by atoms with E-state index in [0.717, 1.165) is 22.4 Å². The number of benzene rings is 1. The number of anilines is 2. The number of nitrogens with zero attached hydrogens (tertiary/aromatic N) is 1. The van der Waals surface area contributed by atoms with Crippen molar-refractivity contribution in [3.05, 3.63) is 30.3 Å². The molecular formula is C15H20N4O. The Hall–Kier alpha value is -2.30. The second-order valence-corrected chi connectivity index (χ2v) is 5.05. The molecule has 0 spiro atoms. The zero-order valence-corrected chi connectivity index (χ0v) is 11.8. The summed E-state index contributed by atoms with van der Waals surface area (Å²) in [5, 5.41) is 7.01. The first-order valence-corrected chi connectivity index (χ1v) is 6.74. The number of hydrogen-bond donors (Lipinski definition) is 3. The smallest absolute Gasteiger partial charge is 0.221 e. The lowest BCUT2D eigenvalue weighted by Crippen LogP contribution is -2.31. The Morgan fingerprint density at radius 1 is 1.30 bits per heavy atom. The van der Waals surface area contributed by atoms with Crippen molar-refractivity contribution in [2.75, 3.05) is 17.6 Å². The normalized spacial score (nSPS) is 10.8. The summed E-state index contributed by atoms with van der Waals surface area (Å²) in [4.78, 5) is 16.0. The van der Waals surface area contributed by atoms with Crippen molar-refractivity contribution >= 4 is 28.3 Å². The molecule has 0 saturated carbocycles. The van der Waals surface area contributed by atoms with E-state index in [1.165, 1.54) is 0 Å². The van der Waals surface area contributed by atoms with Crippen molar-refractivity contribution in [1.29, 1.82) is 0 Å². The van der Waals surface area contributed by atoms with Crippen LogP contribution in [0.15, 0.2) is 30.3 Å². The van der Waals surface area contributed by atoms with E-state index in [1.54, 1.807) is 0 Å². The van der Waals surface area contributed by atoms with Crippen LogP contribution in [0.2, 0.25) is 0 Å². The maximum Gasteiger partial charge on any atom is 0.221 e. The number of amides is 1. The Morgan fingerprint density at radius 2 is 2.10 bits per heavy atom. The van der Waals surface area contributed by atoms with E-state index >= 15 is 0 Å². The van der Waals surface area contributed by atoms with Gasteiger partial charge in [-0.15, -0.1) is 0 Å². The summed E-state index contributed by atoms with van der Waals surface area (Å²) in [7, 11) is 0. The second-order valence-electron chi connectivity index (χ2n) is 5.05. The molecule has 0 atom stereocenters. The van der Waals surface area contributed by atoms with Crippen molar-refractivity contribution in [3.8, 4) is 0 Å². The number of hydrogen-bond acceptors (Lipinski definition) is 4. The Morgan fingerprint density at radius 3 is 2.85 bits per heavy atom. The van der Waals surface area contributed by atoms with Crippen molar-refractivity contribution in [1.82, 2.24) is 10.3 Å².